The molecule has 0 bridgehead atoms. The van der Waals surface area contributed by atoms with Crippen molar-refractivity contribution >= 4 is 18.3 Å². The predicted octanol–water partition coefficient (Wildman–Crippen LogP) is -0.0144. The van der Waals surface area contributed by atoms with Crippen LogP contribution in [0.5, 0.6) is 0 Å². The molecule has 1 aromatic heterocycles. The first-order valence-electron chi connectivity index (χ1n) is 7.57. The van der Waals surface area contributed by atoms with Crippen LogP contribution >= 0.6 is 12.4 Å². The molecule has 7 heteroatoms. The Hall–Kier alpha value is -1.37. The van der Waals surface area contributed by atoms with Gasteiger partial charge in [-0.1, -0.05) is 0 Å². The van der Waals surface area contributed by atoms with E-state index in [2.05, 4.69) is 15.6 Å². The number of aliphatic hydroxyl groups is 1. The van der Waals surface area contributed by atoms with Gasteiger partial charge in [0, 0.05) is 31.2 Å². The van der Waals surface area contributed by atoms with Gasteiger partial charge in [-0.25, -0.2) is 0 Å². The number of β-amino-alcohol motifs (C(OH)–C–C–N with tert-alkyl or cyclic N) is 1. The average Bonchev–Trinajstić information content (AvgIpc) is 2.89. The number of halogens is 1. The summed E-state index contributed by atoms with van der Waals surface area (Å²) in [6.45, 7) is 1.62. The first kappa shape index (κ1) is 17.0. The Balaban J connectivity index is 0.00000176. The molecule has 6 nitrogen and oxygen atoms in total. The van der Waals surface area contributed by atoms with Crippen LogP contribution in [0.4, 0.5) is 0 Å². The first-order chi connectivity index (χ1) is 10.1. The summed E-state index contributed by atoms with van der Waals surface area (Å²) in [6, 6.07) is 1.73. The van der Waals surface area contributed by atoms with Gasteiger partial charge < -0.3 is 20.7 Å². The Bertz CT molecular complexity index is 602. The van der Waals surface area contributed by atoms with E-state index < -0.39 is 6.10 Å². The number of rotatable bonds is 3. The minimum atomic E-state index is -0.438. The molecular formula is C15H22ClN3O3. The van der Waals surface area contributed by atoms with E-state index in [1.807, 2.05) is 0 Å². The second-order valence-electron chi connectivity index (χ2n) is 5.92. The maximum atomic E-state index is 12.2. The van der Waals surface area contributed by atoms with Crippen LogP contribution in [0.25, 0.3) is 0 Å². The summed E-state index contributed by atoms with van der Waals surface area (Å²) in [5, 5.41) is 15.5. The summed E-state index contributed by atoms with van der Waals surface area (Å²) in [5.41, 5.74) is 1.90. The highest BCUT2D eigenvalue weighted by Crippen LogP contribution is 2.18. The lowest BCUT2D eigenvalue weighted by atomic mass is 9.95. The molecule has 1 aliphatic carbocycles. The number of nitrogens with one attached hydrogen (secondary N) is 3. The number of carbonyl (C=O) groups excluding carboxylic acids is 1. The summed E-state index contributed by atoms with van der Waals surface area (Å²) in [7, 11) is 0. The zero-order valence-electron chi connectivity index (χ0n) is 12.4. The molecular weight excluding hydrogens is 306 g/mol. The van der Waals surface area contributed by atoms with Crippen LogP contribution in [0, 0.1) is 5.92 Å². The SMILES string of the molecule is Cl.O=C(NCC1CNCC1O)c1cc2c([nH]c1=O)CCCC2. The van der Waals surface area contributed by atoms with Crippen LogP contribution in [0.2, 0.25) is 0 Å². The maximum Gasteiger partial charge on any atom is 0.261 e. The number of hydrogen-bond donors (Lipinski definition) is 4. The standard InChI is InChI=1S/C15H21N3O3.ClH/c19-13-8-16-6-10(13)7-17-14(20)11-5-9-3-1-2-4-12(9)18-15(11)21;/h5,10,13,16,19H,1-4,6-8H2,(H,17,20)(H,18,21);1H. The molecule has 22 heavy (non-hydrogen) atoms. The van der Waals surface area contributed by atoms with Crippen molar-refractivity contribution in [2.45, 2.75) is 31.8 Å². The van der Waals surface area contributed by atoms with E-state index in [1.54, 1.807) is 6.07 Å². The van der Waals surface area contributed by atoms with Crippen molar-refractivity contribution in [1.29, 1.82) is 0 Å². The van der Waals surface area contributed by atoms with Crippen LogP contribution in [0.3, 0.4) is 0 Å². The van der Waals surface area contributed by atoms with Crippen LogP contribution in [-0.2, 0) is 12.8 Å². The summed E-state index contributed by atoms with van der Waals surface area (Å²) >= 11 is 0. The quantitative estimate of drug-likeness (QED) is 0.628. The molecule has 2 atom stereocenters. The van der Waals surface area contributed by atoms with Crippen LogP contribution < -0.4 is 16.2 Å². The van der Waals surface area contributed by atoms with Crippen molar-refractivity contribution in [2.24, 2.45) is 5.92 Å². The molecule has 1 aromatic rings. The number of pyridine rings is 1. The number of aromatic amines is 1. The maximum absolute atomic E-state index is 12.2. The number of amides is 1. The molecule has 1 fully saturated rings. The van der Waals surface area contributed by atoms with E-state index in [0.29, 0.717) is 19.6 Å². The highest BCUT2D eigenvalue weighted by molar-refractivity contribution is 5.94. The Morgan fingerprint density at radius 2 is 2.09 bits per heavy atom. The molecule has 0 saturated carbocycles. The van der Waals surface area contributed by atoms with Gasteiger partial charge in [0.05, 0.1) is 6.10 Å². The molecule has 2 heterocycles. The molecule has 4 N–H and O–H groups in total. The summed E-state index contributed by atoms with van der Waals surface area (Å²) in [4.78, 5) is 27.0. The molecule has 122 valence electrons. The zero-order valence-corrected chi connectivity index (χ0v) is 13.2. The van der Waals surface area contributed by atoms with Gasteiger partial charge in [0.2, 0.25) is 0 Å². The van der Waals surface area contributed by atoms with Gasteiger partial charge in [0.25, 0.3) is 11.5 Å². The van der Waals surface area contributed by atoms with E-state index in [1.165, 1.54) is 0 Å². The van der Waals surface area contributed by atoms with Crippen molar-refractivity contribution in [2.75, 3.05) is 19.6 Å². The minimum absolute atomic E-state index is 0. The Morgan fingerprint density at radius 3 is 2.82 bits per heavy atom. The highest BCUT2D eigenvalue weighted by Gasteiger charge is 2.25. The predicted molar refractivity (Wildman–Crippen MR) is 85.7 cm³/mol. The topological polar surface area (TPSA) is 94.2 Å². The third kappa shape index (κ3) is 3.51. The van der Waals surface area contributed by atoms with Gasteiger partial charge in [-0.15, -0.1) is 12.4 Å². The molecule has 1 amide bonds. The monoisotopic (exact) mass is 327 g/mol. The number of aromatic nitrogens is 1. The number of fused-ring (bicyclic) bond motifs is 1. The lowest BCUT2D eigenvalue weighted by Gasteiger charge is -2.17. The van der Waals surface area contributed by atoms with Gasteiger partial charge in [-0.05, 0) is 37.3 Å². The van der Waals surface area contributed by atoms with E-state index in [-0.39, 0.29) is 35.4 Å². The lowest BCUT2D eigenvalue weighted by Crippen LogP contribution is -2.37. The number of hydrogen-bond acceptors (Lipinski definition) is 4. The summed E-state index contributed by atoms with van der Waals surface area (Å²) in [5.74, 6) is -0.352. The number of H-pyrrole nitrogens is 1. The van der Waals surface area contributed by atoms with Crippen LogP contribution in [0.1, 0.15) is 34.5 Å². The van der Waals surface area contributed by atoms with Crippen LogP contribution in [0.15, 0.2) is 10.9 Å². The molecule has 0 spiro atoms. The molecule has 0 aromatic carbocycles. The van der Waals surface area contributed by atoms with E-state index in [4.69, 9.17) is 0 Å². The molecule has 0 radical (unpaired) electrons. The molecule has 3 rings (SSSR count). The second-order valence-corrected chi connectivity index (χ2v) is 5.92. The van der Waals surface area contributed by atoms with Crippen molar-refractivity contribution in [3.8, 4) is 0 Å². The Labute approximate surface area is 135 Å². The van der Waals surface area contributed by atoms with E-state index in [0.717, 1.165) is 36.9 Å². The van der Waals surface area contributed by atoms with Gasteiger partial charge >= 0.3 is 0 Å². The van der Waals surface area contributed by atoms with Gasteiger partial charge in [-0.2, -0.15) is 0 Å². The van der Waals surface area contributed by atoms with Crippen molar-refractivity contribution < 1.29 is 9.90 Å². The number of aryl methyl sites for hydroxylation is 2. The number of aliphatic hydroxyl groups excluding tert-OH is 1. The first-order valence-corrected chi connectivity index (χ1v) is 7.57. The Morgan fingerprint density at radius 1 is 1.32 bits per heavy atom. The summed E-state index contributed by atoms with van der Waals surface area (Å²) in [6.07, 6.45) is 3.54. The van der Waals surface area contributed by atoms with Gasteiger partial charge in [0.1, 0.15) is 5.56 Å². The van der Waals surface area contributed by atoms with Crippen LogP contribution in [-0.4, -0.2) is 41.7 Å². The molecule has 1 aliphatic heterocycles. The van der Waals surface area contributed by atoms with Crippen molar-refractivity contribution in [1.82, 2.24) is 15.6 Å². The van der Waals surface area contributed by atoms with Crippen molar-refractivity contribution in [3.05, 3.63) is 33.2 Å². The molecule has 2 unspecified atom stereocenters. The molecule has 1 saturated heterocycles. The third-order valence-corrected chi connectivity index (χ3v) is 4.41. The van der Waals surface area contributed by atoms with Gasteiger partial charge in [-0.3, -0.25) is 9.59 Å². The Kier molecular flexibility index (Phi) is 5.61. The number of carbonyl (C=O) groups is 1. The summed E-state index contributed by atoms with van der Waals surface area (Å²) < 4.78 is 0. The largest absolute Gasteiger partial charge is 0.391 e. The fraction of sp³-hybridized carbons (Fsp3) is 0.600. The minimum Gasteiger partial charge on any atom is -0.391 e. The van der Waals surface area contributed by atoms with E-state index in [9.17, 15) is 14.7 Å². The zero-order chi connectivity index (χ0) is 14.8. The fourth-order valence-electron chi connectivity index (χ4n) is 3.09. The molecule has 2 aliphatic rings. The third-order valence-electron chi connectivity index (χ3n) is 4.41. The second kappa shape index (κ2) is 7.26. The van der Waals surface area contributed by atoms with Crippen molar-refractivity contribution in [3.63, 3.8) is 0 Å². The highest BCUT2D eigenvalue weighted by atomic mass is 35.5. The average molecular weight is 328 g/mol. The fourth-order valence-corrected chi connectivity index (χ4v) is 3.09. The lowest BCUT2D eigenvalue weighted by molar-refractivity contribution is 0.0925. The smallest absolute Gasteiger partial charge is 0.261 e. The normalized spacial score (nSPS) is 23.5. The van der Waals surface area contributed by atoms with Gasteiger partial charge in [0.15, 0.2) is 0 Å². The van der Waals surface area contributed by atoms with E-state index >= 15 is 0 Å².